The predicted octanol–water partition coefficient (Wildman–Crippen LogP) is -0.0750. The Bertz CT molecular complexity index is 307. The van der Waals surface area contributed by atoms with E-state index >= 15 is 0 Å². The van der Waals surface area contributed by atoms with Crippen LogP contribution >= 0.6 is 0 Å². The summed E-state index contributed by atoms with van der Waals surface area (Å²) in [5.74, 6) is -1.37. The van der Waals surface area contributed by atoms with Gasteiger partial charge in [-0.25, -0.2) is 4.39 Å². The molecule has 0 saturated carbocycles. The first-order chi connectivity index (χ1) is 7.82. The van der Waals surface area contributed by atoms with Gasteiger partial charge in [-0.15, -0.1) is 0 Å². The zero-order valence-electron chi connectivity index (χ0n) is 9.75. The second-order valence-corrected chi connectivity index (χ2v) is 3.82. The molecule has 0 unspecified atom stereocenters. The Morgan fingerprint density at radius 2 is 1.65 bits per heavy atom. The van der Waals surface area contributed by atoms with Crippen molar-refractivity contribution in [2.75, 3.05) is 0 Å². The Morgan fingerprint density at radius 1 is 1.18 bits per heavy atom. The van der Waals surface area contributed by atoms with Gasteiger partial charge in [0.25, 0.3) is 0 Å². The van der Waals surface area contributed by atoms with Crippen molar-refractivity contribution < 1.29 is 33.3 Å². The van der Waals surface area contributed by atoms with Crippen LogP contribution in [0.25, 0.3) is 0 Å². The number of halogens is 1. The van der Waals surface area contributed by atoms with Crippen LogP contribution in [0.1, 0.15) is 20.8 Å². The molecule has 6 nitrogen and oxygen atoms in total. The molecule has 7 heteroatoms. The molecule has 17 heavy (non-hydrogen) atoms. The van der Waals surface area contributed by atoms with Crippen molar-refractivity contribution in [1.82, 2.24) is 0 Å². The van der Waals surface area contributed by atoms with E-state index in [0.717, 1.165) is 13.8 Å². The highest BCUT2D eigenvalue weighted by atomic mass is 19.1. The summed E-state index contributed by atoms with van der Waals surface area (Å²) in [6.07, 6.45) is -6.88. The van der Waals surface area contributed by atoms with E-state index in [1.807, 2.05) is 0 Å². The Kier molecular flexibility index (Phi) is 4.41. The number of rotatable bonds is 2. The van der Waals surface area contributed by atoms with E-state index in [1.54, 1.807) is 0 Å². The smallest absolute Gasteiger partial charge is 0.303 e. The van der Waals surface area contributed by atoms with E-state index < -0.39 is 42.7 Å². The van der Waals surface area contributed by atoms with Crippen molar-refractivity contribution in [1.29, 1.82) is 0 Å². The van der Waals surface area contributed by atoms with Gasteiger partial charge in [-0.3, -0.25) is 9.59 Å². The highest BCUT2D eigenvalue weighted by molar-refractivity contribution is 5.67. The third kappa shape index (κ3) is 3.37. The highest BCUT2D eigenvalue weighted by Gasteiger charge is 2.48. The number of alkyl halides is 1. The monoisotopic (exact) mass is 250 g/mol. The second kappa shape index (κ2) is 5.42. The van der Waals surface area contributed by atoms with E-state index in [0.29, 0.717) is 0 Å². The molecule has 0 spiro atoms. The minimum atomic E-state index is -1.96. The van der Waals surface area contributed by atoms with Crippen LogP contribution in [0.15, 0.2) is 0 Å². The Balaban J connectivity index is 2.86. The van der Waals surface area contributed by atoms with Crippen molar-refractivity contribution in [3.05, 3.63) is 0 Å². The van der Waals surface area contributed by atoms with Gasteiger partial charge in [0.1, 0.15) is 0 Å². The number of hydrogen-bond donors (Lipinski definition) is 1. The fourth-order valence-electron chi connectivity index (χ4n) is 1.66. The Hall–Kier alpha value is -1.21. The van der Waals surface area contributed by atoms with Crippen LogP contribution < -0.4 is 0 Å². The summed E-state index contributed by atoms with van der Waals surface area (Å²) in [5, 5.41) is 9.25. The molecule has 1 fully saturated rings. The summed E-state index contributed by atoms with van der Waals surface area (Å²) in [4.78, 5) is 21.7. The summed E-state index contributed by atoms with van der Waals surface area (Å²) in [6, 6.07) is 0. The standard InChI is InChI=1S/C10H15FO6/c1-4-8(16-5(2)12)9(17-6(3)13)7(11)10(14)15-4/h4,7-10,14H,1-3H3/t4-,7-,8+,9-,10+/m0/s1. The molecule has 0 aliphatic carbocycles. The summed E-state index contributed by atoms with van der Waals surface area (Å²) < 4.78 is 28.0. The zero-order valence-corrected chi connectivity index (χ0v) is 9.75. The summed E-state index contributed by atoms with van der Waals surface area (Å²) in [7, 11) is 0. The first kappa shape index (κ1) is 13.9. The summed E-state index contributed by atoms with van der Waals surface area (Å²) in [6.45, 7) is 3.74. The van der Waals surface area contributed by atoms with Gasteiger partial charge in [0.2, 0.25) is 0 Å². The maximum Gasteiger partial charge on any atom is 0.303 e. The van der Waals surface area contributed by atoms with Crippen molar-refractivity contribution in [2.24, 2.45) is 0 Å². The van der Waals surface area contributed by atoms with Crippen molar-refractivity contribution in [3.8, 4) is 0 Å². The van der Waals surface area contributed by atoms with Gasteiger partial charge < -0.3 is 19.3 Å². The maximum atomic E-state index is 13.6. The average Bonchev–Trinajstić information content (AvgIpc) is 2.19. The molecule has 1 aliphatic heterocycles. The van der Waals surface area contributed by atoms with Gasteiger partial charge in [-0.2, -0.15) is 0 Å². The van der Waals surface area contributed by atoms with Gasteiger partial charge in [0.05, 0.1) is 6.10 Å². The lowest BCUT2D eigenvalue weighted by molar-refractivity contribution is -0.269. The van der Waals surface area contributed by atoms with Crippen LogP contribution in [-0.2, 0) is 23.8 Å². The molecule has 1 heterocycles. The lowest BCUT2D eigenvalue weighted by Gasteiger charge is -2.39. The quantitative estimate of drug-likeness (QED) is 0.690. The van der Waals surface area contributed by atoms with Gasteiger partial charge >= 0.3 is 11.9 Å². The van der Waals surface area contributed by atoms with Crippen LogP contribution in [0, 0.1) is 0 Å². The lowest BCUT2D eigenvalue weighted by atomic mass is 10.0. The van der Waals surface area contributed by atoms with E-state index in [9.17, 15) is 19.1 Å². The molecule has 5 atom stereocenters. The molecule has 1 saturated heterocycles. The van der Waals surface area contributed by atoms with E-state index in [-0.39, 0.29) is 0 Å². The number of aliphatic hydroxyl groups excluding tert-OH is 1. The molecule has 1 N–H and O–H groups in total. The normalized spacial score (nSPS) is 37.4. The molecule has 0 radical (unpaired) electrons. The molecular weight excluding hydrogens is 235 g/mol. The third-order valence-electron chi connectivity index (χ3n) is 2.33. The third-order valence-corrected chi connectivity index (χ3v) is 2.33. The van der Waals surface area contributed by atoms with Gasteiger partial charge in [0.15, 0.2) is 24.7 Å². The van der Waals surface area contributed by atoms with Crippen molar-refractivity contribution >= 4 is 11.9 Å². The van der Waals surface area contributed by atoms with Gasteiger partial charge in [-0.05, 0) is 6.92 Å². The van der Waals surface area contributed by atoms with Crippen LogP contribution in [0.4, 0.5) is 4.39 Å². The highest BCUT2D eigenvalue weighted by Crippen LogP contribution is 2.27. The fourth-order valence-corrected chi connectivity index (χ4v) is 1.66. The fraction of sp³-hybridized carbons (Fsp3) is 0.800. The molecule has 0 aromatic heterocycles. The SMILES string of the molecule is CC(=O)O[C@H]1[C@H](F)[C@H](O)O[C@@H](C)[C@H]1OC(C)=O. The van der Waals surface area contributed by atoms with E-state index in [2.05, 4.69) is 0 Å². The van der Waals surface area contributed by atoms with Crippen LogP contribution in [-0.4, -0.2) is 47.8 Å². The topological polar surface area (TPSA) is 82.1 Å². The number of ether oxygens (including phenoxy) is 3. The molecule has 98 valence electrons. The lowest BCUT2D eigenvalue weighted by Crippen LogP contribution is -2.57. The first-order valence-electron chi connectivity index (χ1n) is 5.15. The minimum Gasteiger partial charge on any atom is -0.456 e. The van der Waals surface area contributed by atoms with Crippen LogP contribution in [0.3, 0.4) is 0 Å². The van der Waals surface area contributed by atoms with Crippen LogP contribution in [0.5, 0.6) is 0 Å². The Labute approximate surface area is 97.6 Å². The number of carbonyl (C=O) groups excluding carboxylic acids is 2. The molecule has 0 bridgehead atoms. The number of hydrogen-bond acceptors (Lipinski definition) is 6. The largest absolute Gasteiger partial charge is 0.456 e. The van der Waals surface area contributed by atoms with Crippen molar-refractivity contribution in [2.45, 2.75) is 51.5 Å². The number of esters is 2. The Morgan fingerprint density at radius 3 is 2.12 bits per heavy atom. The van der Waals surface area contributed by atoms with E-state index in [1.165, 1.54) is 6.92 Å². The second-order valence-electron chi connectivity index (χ2n) is 3.82. The van der Waals surface area contributed by atoms with Crippen LogP contribution in [0.2, 0.25) is 0 Å². The molecule has 1 aliphatic rings. The maximum absolute atomic E-state index is 13.6. The molecular formula is C10H15FO6. The predicted molar refractivity (Wildman–Crippen MR) is 52.6 cm³/mol. The molecule has 0 aromatic rings. The first-order valence-corrected chi connectivity index (χ1v) is 5.15. The number of aliphatic hydroxyl groups is 1. The average molecular weight is 250 g/mol. The number of carbonyl (C=O) groups is 2. The summed E-state index contributed by atoms with van der Waals surface area (Å²) >= 11 is 0. The van der Waals surface area contributed by atoms with Gasteiger partial charge in [0, 0.05) is 13.8 Å². The minimum absolute atomic E-state index is 0.647. The van der Waals surface area contributed by atoms with Gasteiger partial charge in [-0.1, -0.05) is 0 Å². The summed E-state index contributed by atoms with van der Waals surface area (Å²) in [5.41, 5.74) is 0. The van der Waals surface area contributed by atoms with Crippen molar-refractivity contribution in [3.63, 3.8) is 0 Å². The zero-order chi connectivity index (χ0) is 13.2. The van der Waals surface area contributed by atoms with E-state index in [4.69, 9.17) is 14.2 Å². The molecule has 1 rings (SSSR count). The molecule has 0 aromatic carbocycles. The molecule has 0 amide bonds.